The van der Waals surface area contributed by atoms with E-state index in [0.717, 1.165) is 38.6 Å². The molecule has 10 aromatic rings. The van der Waals surface area contributed by atoms with Crippen molar-refractivity contribution in [2.45, 2.75) is 19.3 Å². The Bertz CT molecular complexity index is 3240. The van der Waals surface area contributed by atoms with Crippen molar-refractivity contribution in [1.29, 1.82) is 0 Å². The number of fused-ring (bicyclic) bond motifs is 8. The lowest BCUT2D eigenvalue weighted by Gasteiger charge is -2.21. The average Bonchev–Trinajstić information content (AvgIpc) is 3.75. The third-order valence-electron chi connectivity index (χ3n) is 11.5. The normalized spacial score (nSPS) is 13.5. The summed E-state index contributed by atoms with van der Waals surface area (Å²) >= 11 is 0. The van der Waals surface area contributed by atoms with Crippen LogP contribution < -0.4 is 11.2 Å². The van der Waals surface area contributed by atoms with Gasteiger partial charge in [-0.2, -0.15) is 0 Å². The number of pyridine rings is 1. The standard InChI is InChI=1S/C47H31N3O2/c1-47(2)38-19-8-6-14-32(38)36-26-37-33-15-7-9-20-40(33)48(42(37)27-39(36)47)29-22-24-30(25-23-29)49-41-21-11-17-34-43-31(28-12-4-3-5-13-28)16-10-18-35(43)45(51)50(44(34)41)46(49)52/h3-27H,1-2H3. The molecule has 0 spiro atoms. The van der Waals surface area contributed by atoms with Crippen LogP contribution in [0.3, 0.4) is 0 Å². The first-order valence-corrected chi connectivity index (χ1v) is 17.7. The predicted molar refractivity (Wildman–Crippen MR) is 213 cm³/mol. The van der Waals surface area contributed by atoms with Gasteiger partial charge in [0.05, 0.1) is 27.8 Å². The largest absolute Gasteiger partial charge is 0.340 e. The van der Waals surface area contributed by atoms with Gasteiger partial charge in [-0.1, -0.05) is 111 Å². The second-order valence-electron chi connectivity index (χ2n) is 14.5. The summed E-state index contributed by atoms with van der Waals surface area (Å²) in [5.74, 6) is 0. The maximum atomic E-state index is 14.3. The highest BCUT2D eigenvalue weighted by Gasteiger charge is 2.36. The number of imidazole rings is 1. The molecule has 246 valence electrons. The first-order valence-electron chi connectivity index (χ1n) is 17.7. The van der Waals surface area contributed by atoms with Crippen LogP contribution >= 0.6 is 0 Å². The summed E-state index contributed by atoms with van der Waals surface area (Å²) in [7, 11) is 0. The van der Waals surface area contributed by atoms with E-state index in [0.29, 0.717) is 22.1 Å². The van der Waals surface area contributed by atoms with Gasteiger partial charge in [-0.3, -0.25) is 9.36 Å². The van der Waals surface area contributed by atoms with Crippen molar-refractivity contribution in [3.05, 3.63) is 184 Å². The van der Waals surface area contributed by atoms with Crippen molar-refractivity contribution >= 4 is 49.0 Å². The molecule has 3 heterocycles. The first-order chi connectivity index (χ1) is 25.4. The van der Waals surface area contributed by atoms with E-state index in [4.69, 9.17) is 0 Å². The van der Waals surface area contributed by atoms with E-state index in [2.05, 4.69) is 103 Å². The van der Waals surface area contributed by atoms with Gasteiger partial charge in [-0.25, -0.2) is 9.20 Å². The highest BCUT2D eigenvalue weighted by Crippen LogP contribution is 2.51. The molecule has 0 saturated carbocycles. The highest BCUT2D eigenvalue weighted by atomic mass is 16.2. The Kier molecular flexibility index (Phi) is 5.69. The molecule has 0 aliphatic heterocycles. The topological polar surface area (TPSA) is 48.4 Å². The monoisotopic (exact) mass is 669 g/mol. The zero-order valence-corrected chi connectivity index (χ0v) is 28.6. The fourth-order valence-corrected chi connectivity index (χ4v) is 9.08. The van der Waals surface area contributed by atoms with Crippen LogP contribution in [0.25, 0.3) is 82.6 Å². The highest BCUT2D eigenvalue weighted by molar-refractivity contribution is 6.16. The van der Waals surface area contributed by atoms with E-state index in [1.165, 1.54) is 37.4 Å². The van der Waals surface area contributed by atoms with Crippen LogP contribution in [0.5, 0.6) is 0 Å². The predicted octanol–water partition coefficient (Wildman–Crippen LogP) is 10.3. The van der Waals surface area contributed by atoms with E-state index < -0.39 is 0 Å². The summed E-state index contributed by atoms with van der Waals surface area (Å²) < 4.78 is 5.35. The molecule has 3 aromatic heterocycles. The second-order valence-corrected chi connectivity index (χ2v) is 14.5. The molecular formula is C47H31N3O2. The summed E-state index contributed by atoms with van der Waals surface area (Å²) in [4.78, 5) is 28.5. The Morgan fingerprint density at radius 2 is 1.10 bits per heavy atom. The summed E-state index contributed by atoms with van der Waals surface area (Å²) in [5.41, 5.74) is 11.8. The molecule has 0 unspecified atom stereocenters. The molecular weight excluding hydrogens is 639 g/mol. The van der Waals surface area contributed by atoms with Gasteiger partial charge in [0.15, 0.2) is 0 Å². The number of hydrogen-bond donors (Lipinski definition) is 0. The van der Waals surface area contributed by atoms with Crippen LogP contribution in [0.4, 0.5) is 0 Å². The van der Waals surface area contributed by atoms with E-state index in [-0.39, 0.29) is 16.7 Å². The molecule has 0 fully saturated rings. The summed E-state index contributed by atoms with van der Waals surface area (Å²) in [6.07, 6.45) is 0. The van der Waals surface area contributed by atoms with Crippen molar-refractivity contribution in [1.82, 2.24) is 13.5 Å². The number of nitrogens with zero attached hydrogens (tertiary/aromatic N) is 3. The Balaban J connectivity index is 1.12. The van der Waals surface area contributed by atoms with Gasteiger partial charge >= 0.3 is 5.69 Å². The fraction of sp³-hybridized carbons (Fsp3) is 0.0638. The minimum Gasteiger partial charge on any atom is -0.309 e. The van der Waals surface area contributed by atoms with Gasteiger partial charge in [0.1, 0.15) is 0 Å². The van der Waals surface area contributed by atoms with Gasteiger partial charge < -0.3 is 4.57 Å². The molecule has 5 nitrogen and oxygen atoms in total. The molecule has 0 atom stereocenters. The molecule has 11 rings (SSSR count). The van der Waals surface area contributed by atoms with Gasteiger partial charge in [0.25, 0.3) is 5.56 Å². The van der Waals surface area contributed by atoms with Gasteiger partial charge in [0, 0.05) is 38.0 Å². The molecule has 0 amide bonds. The van der Waals surface area contributed by atoms with Crippen LogP contribution in [0.15, 0.2) is 161 Å². The minimum atomic E-state index is -0.370. The average molecular weight is 670 g/mol. The first kappa shape index (κ1) is 29.1. The molecule has 0 N–H and O–H groups in total. The van der Waals surface area contributed by atoms with E-state index in [9.17, 15) is 9.59 Å². The van der Waals surface area contributed by atoms with Gasteiger partial charge in [-0.15, -0.1) is 0 Å². The number of para-hydroxylation sites is 2. The second kappa shape index (κ2) is 10.2. The SMILES string of the molecule is CC1(C)c2ccccc2-c2cc3c4ccccc4n(-c4ccc(-n5c(=O)n6c(=O)c7cccc(-c8ccccc8)c7c7cccc5c76)cc4)c3cc21. The zero-order chi connectivity index (χ0) is 34.9. The quantitative estimate of drug-likeness (QED) is 0.176. The van der Waals surface area contributed by atoms with Crippen molar-refractivity contribution in [2.24, 2.45) is 0 Å². The van der Waals surface area contributed by atoms with Crippen molar-refractivity contribution in [3.63, 3.8) is 0 Å². The van der Waals surface area contributed by atoms with Crippen molar-refractivity contribution < 1.29 is 0 Å². The van der Waals surface area contributed by atoms with Gasteiger partial charge in [-0.05, 0) is 88.0 Å². The van der Waals surface area contributed by atoms with E-state index in [1.807, 2.05) is 66.7 Å². The molecule has 1 aliphatic rings. The number of hydrogen-bond acceptors (Lipinski definition) is 2. The molecule has 0 radical (unpaired) electrons. The van der Waals surface area contributed by atoms with Crippen LogP contribution in [-0.4, -0.2) is 13.5 Å². The molecule has 5 heteroatoms. The van der Waals surface area contributed by atoms with Crippen LogP contribution in [0.2, 0.25) is 0 Å². The Morgan fingerprint density at radius 1 is 0.462 bits per heavy atom. The molecule has 7 aromatic carbocycles. The number of benzene rings is 7. The van der Waals surface area contributed by atoms with Crippen molar-refractivity contribution in [3.8, 4) is 33.6 Å². The summed E-state index contributed by atoms with van der Waals surface area (Å²) in [6.45, 7) is 4.63. The Morgan fingerprint density at radius 3 is 1.92 bits per heavy atom. The van der Waals surface area contributed by atoms with E-state index >= 15 is 0 Å². The summed E-state index contributed by atoms with van der Waals surface area (Å²) in [6, 6.07) is 52.0. The third-order valence-corrected chi connectivity index (χ3v) is 11.5. The Labute approximate surface area is 298 Å². The summed E-state index contributed by atoms with van der Waals surface area (Å²) in [5, 5.41) is 4.68. The minimum absolute atomic E-state index is 0.123. The lowest BCUT2D eigenvalue weighted by atomic mass is 9.82. The number of aromatic nitrogens is 3. The van der Waals surface area contributed by atoms with Gasteiger partial charge in [0.2, 0.25) is 0 Å². The molecule has 0 saturated heterocycles. The maximum absolute atomic E-state index is 14.3. The Hall–Kier alpha value is -6.72. The lowest BCUT2D eigenvalue weighted by molar-refractivity contribution is 0.661. The molecule has 52 heavy (non-hydrogen) atoms. The van der Waals surface area contributed by atoms with Crippen LogP contribution in [0.1, 0.15) is 25.0 Å². The molecule has 1 aliphatic carbocycles. The maximum Gasteiger partial charge on any atom is 0.340 e. The van der Waals surface area contributed by atoms with Crippen LogP contribution in [-0.2, 0) is 5.41 Å². The smallest absolute Gasteiger partial charge is 0.309 e. The number of rotatable bonds is 3. The van der Waals surface area contributed by atoms with Crippen molar-refractivity contribution in [2.75, 3.05) is 0 Å². The van der Waals surface area contributed by atoms with Crippen LogP contribution in [0, 0.1) is 0 Å². The zero-order valence-electron chi connectivity index (χ0n) is 28.6. The fourth-order valence-electron chi connectivity index (χ4n) is 9.08. The van der Waals surface area contributed by atoms with E-state index in [1.54, 1.807) is 4.57 Å². The molecule has 0 bridgehead atoms. The third kappa shape index (κ3) is 3.67. The lowest BCUT2D eigenvalue weighted by Crippen LogP contribution is -2.27.